The van der Waals surface area contributed by atoms with Crippen LogP contribution < -0.4 is 5.32 Å². The Balaban J connectivity index is 1.47. The van der Waals surface area contributed by atoms with Crippen molar-refractivity contribution in [2.24, 2.45) is 0 Å². The monoisotopic (exact) mass is 291 g/mol. The number of aromatic nitrogens is 2. The maximum atomic E-state index is 5.69. The molecule has 1 aliphatic carbocycles. The molecular formula is C17H29N3O. The molecule has 1 saturated heterocycles. The summed E-state index contributed by atoms with van der Waals surface area (Å²) in [7, 11) is 0. The van der Waals surface area contributed by atoms with Gasteiger partial charge in [0.1, 0.15) is 0 Å². The van der Waals surface area contributed by atoms with E-state index in [-0.39, 0.29) is 0 Å². The maximum absolute atomic E-state index is 5.69. The van der Waals surface area contributed by atoms with Gasteiger partial charge in [-0.25, -0.2) is 0 Å². The SMILES string of the molecule is Cc1nn(CCCC2CCCO2)c(C)c1CCNC1CC1. The molecule has 4 heteroatoms. The molecule has 1 aromatic heterocycles. The Morgan fingerprint density at radius 3 is 2.86 bits per heavy atom. The highest BCUT2D eigenvalue weighted by atomic mass is 16.5. The second kappa shape index (κ2) is 6.93. The zero-order chi connectivity index (χ0) is 14.7. The zero-order valence-corrected chi connectivity index (χ0v) is 13.5. The first-order chi connectivity index (χ1) is 10.2. The molecule has 118 valence electrons. The van der Waals surface area contributed by atoms with Gasteiger partial charge in [-0.1, -0.05) is 0 Å². The van der Waals surface area contributed by atoms with E-state index in [0.29, 0.717) is 6.10 Å². The lowest BCUT2D eigenvalue weighted by Gasteiger charge is -2.10. The van der Waals surface area contributed by atoms with E-state index in [2.05, 4.69) is 23.8 Å². The van der Waals surface area contributed by atoms with Crippen LogP contribution in [0, 0.1) is 13.8 Å². The van der Waals surface area contributed by atoms with Crippen LogP contribution in [0.25, 0.3) is 0 Å². The number of hydrogen-bond acceptors (Lipinski definition) is 3. The van der Waals surface area contributed by atoms with Gasteiger partial charge in [0.25, 0.3) is 0 Å². The number of nitrogens with zero attached hydrogens (tertiary/aromatic N) is 2. The molecule has 2 heterocycles. The average Bonchev–Trinajstić information content (AvgIpc) is 3.07. The lowest BCUT2D eigenvalue weighted by Crippen LogP contribution is -2.19. The van der Waals surface area contributed by atoms with E-state index in [1.807, 2.05) is 0 Å². The molecule has 0 spiro atoms. The predicted octanol–water partition coefficient (Wildman–Crippen LogP) is 2.75. The molecule has 2 aliphatic rings. The van der Waals surface area contributed by atoms with Gasteiger partial charge in [0.05, 0.1) is 11.8 Å². The minimum absolute atomic E-state index is 0.504. The van der Waals surface area contributed by atoms with E-state index in [4.69, 9.17) is 9.84 Å². The number of rotatable bonds is 8. The Kier molecular flexibility index (Phi) is 4.96. The first-order valence-electron chi connectivity index (χ1n) is 8.62. The molecule has 1 saturated carbocycles. The molecule has 2 fully saturated rings. The maximum Gasteiger partial charge on any atom is 0.0628 e. The van der Waals surface area contributed by atoms with Gasteiger partial charge in [-0.3, -0.25) is 4.68 Å². The second-order valence-electron chi connectivity index (χ2n) is 6.63. The molecule has 0 aromatic carbocycles. The van der Waals surface area contributed by atoms with E-state index in [0.717, 1.165) is 32.2 Å². The van der Waals surface area contributed by atoms with Gasteiger partial charge < -0.3 is 10.1 Å². The third-order valence-corrected chi connectivity index (χ3v) is 4.84. The van der Waals surface area contributed by atoms with E-state index in [9.17, 15) is 0 Å². The van der Waals surface area contributed by atoms with Crippen molar-refractivity contribution >= 4 is 0 Å². The van der Waals surface area contributed by atoms with Crippen molar-refractivity contribution < 1.29 is 4.74 Å². The first kappa shape index (κ1) is 15.0. The Morgan fingerprint density at radius 1 is 1.29 bits per heavy atom. The van der Waals surface area contributed by atoms with Gasteiger partial charge >= 0.3 is 0 Å². The number of ether oxygens (including phenoxy) is 1. The van der Waals surface area contributed by atoms with Crippen molar-refractivity contribution in [3.63, 3.8) is 0 Å². The summed E-state index contributed by atoms with van der Waals surface area (Å²) in [5, 5.41) is 8.33. The highest BCUT2D eigenvalue weighted by Crippen LogP contribution is 2.20. The fraction of sp³-hybridized carbons (Fsp3) is 0.824. The molecule has 21 heavy (non-hydrogen) atoms. The molecule has 1 N–H and O–H groups in total. The Morgan fingerprint density at radius 2 is 2.14 bits per heavy atom. The lowest BCUT2D eigenvalue weighted by molar-refractivity contribution is 0.101. The quantitative estimate of drug-likeness (QED) is 0.800. The van der Waals surface area contributed by atoms with Crippen LogP contribution in [0.1, 0.15) is 55.5 Å². The fourth-order valence-electron chi connectivity index (χ4n) is 3.34. The molecule has 3 rings (SSSR count). The van der Waals surface area contributed by atoms with Crippen LogP contribution in [-0.4, -0.2) is 35.1 Å². The third-order valence-electron chi connectivity index (χ3n) is 4.84. The molecule has 1 atom stereocenters. The van der Waals surface area contributed by atoms with E-state index >= 15 is 0 Å². The van der Waals surface area contributed by atoms with Gasteiger partial charge in [0, 0.05) is 24.9 Å². The second-order valence-corrected chi connectivity index (χ2v) is 6.63. The van der Waals surface area contributed by atoms with Crippen LogP contribution >= 0.6 is 0 Å². The van der Waals surface area contributed by atoms with Gasteiger partial charge in [-0.2, -0.15) is 5.10 Å². The van der Waals surface area contributed by atoms with Crippen LogP contribution in [-0.2, 0) is 17.7 Å². The van der Waals surface area contributed by atoms with Crippen molar-refractivity contribution in [3.8, 4) is 0 Å². The summed E-state index contributed by atoms with van der Waals surface area (Å²) in [5.41, 5.74) is 4.01. The summed E-state index contributed by atoms with van der Waals surface area (Å²) >= 11 is 0. The molecule has 1 unspecified atom stereocenters. The Labute approximate surface area is 128 Å². The summed E-state index contributed by atoms with van der Waals surface area (Å²) in [6, 6.07) is 0.798. The van der Waals surface area contributed by atoms with Crippen LogP contribution in [0.5, 0.6) is 0 Å². The molecule has 0 bridgehead atoms. The summed E-state index contributed by atoms with van der Waals surface area (Å²) in [5.74, 6) is 0. The smallest absolute Gasteiger partial charge is 0.0628 e. The molecule has 0 radical (unpaired) electrons. The lowest BCUT2D eigenvalue weighted by atomic mass is 10.1. The summed E-state index contributed by atoms with van der Waals surface area (Å²) in [6.07, 6.45) is 9.17. The minimum Gasteiger partial charge on any atom is -0.378 e. The predicted molar refractivity (Wildman–Crippen MR) is 84.6 cm³/mol. The van der Waals surface area contributed by atoms with Crippen molar-refractivity contribution in [2.75, 3.05) is 13.2 Å². The zero-order valence-electron chi connectivity index (χ0n) is 13.5. The van der Waals surface area contributed by atoms with Gasteiger partial charge in [0.15, 0.2) is 0 Å². The van der Waals surface area contributed by atoms with Crippen molar-refractivity contribution in [2.45, 2.75) is 77.5 Å². The van der Waals surface area contributed by atoms with Crippen molar-refractivity contribution in [1.82, 2.24) is 15.1 Å². The summed E-state index contributed by atoms with van der Waals surface area (Å²) in [6.45, 7) is 7.45. The van der Waals surface area contributed by atoms with E-state index in [1.54, 1.807) is 0 Å². The summed E-state index contributed by atoms with van der Waals surface area (Å²) in [4.78, 5) is 0. The van der Waals surface area contributed by atoms with E-state index < -0.39 is 0 Å². The number of hydrogen-bond donors (Lipinski definition) is 1. The molecular weight excluding hydrogens is 262 g/mol. The normalized spacial score (nSPS) is 22.1. The average molecular weight is 291 g/mol. The van der Waals surface area contributed by atoms with Crippen molar-refractivity contribution in [3.05, 3.63) is 17.0 Å². The molecule has 1 aliphatic heterocycles. The van der Waals surface area contributed by atoms with Gasteiger partial charge in [0.2, 0.25) is 0 Å². The first-order valence-corrected chi connectivity index (χ1v) is 8.62. The summed E-state index contributed by atoms with van der Waals surface area (Å²) < 4.78 is 7.90. The van der Waals surface area contributed by atoms with E-state index in [1.165, 1.54) is 55.5 Å². The minimum atomic E-state index is 0.504. The Bertz CT molecular complexity index is 459. The van der Waals surface area contributed by atoms with Crippen molar-refractivity contribution in [1.29, 1.82) is 0 Å². The third kappa shape index (κ3) is 4.07. The fourth-order valence-corrected chi connectivity index (χ4v) is 3.34. The molecule has 4 nitrogen and oxygen atoms in total. The standard InChI is InChI=1S/C17H29N3O/c1-13-17(9-10-18-15-7-8-15)14(2)20(19-13)11-3-5-16-6-4-12-21-16/h15-16,18H,3-12H2,1-2H3. The van der Waals surface area contributed by atoms with Crippen LogP contribution in [0.2, 0.25) is 0 Å². The van der Waals surface area contributed by atoms with Crippen LogP contribution in [0.4, 0.5) is 0 Å². The number of aryl methyl sites for hydroxylation is 2. The van der Waals surface area contributed by atoms with Crippen LogP contribution in [0.3, 0.4) is 0 Å². The molecule has 0 amide bonds. The topological polar surface area (TPSA) is 39.1 Å². The van der Waals surface area contributed by atoms with Gasteiger partial charge in [-0.05, 0) is 70.9 Å². The molecule has 1 aromatic rings. The largest absolute Gasteiger partial charge is 0.378 e. The highest BCUT2D eigenvalue weighted by Gasteiger charge is 2.20. The van der Waals surface area contributed by atoms with Gasteiger partial charge in [-0.15, -0.1) is 0 Å². The van der Waals surface area contributed by atoms with Crippen LogP contribution in [0.15, 0.2) is 0 Å². The number of nitrogens with one attached hydrogen (secondary N) is 1. The Hall–Kier alpha value is -0.870. The highest BCUT2D eigenvalue weighted by molar-refractivity contribution is 5.24.